The molecular formula is C42H28N4O8. The van der Waals surface area contributed by atoms with Gasteiger partial charge in [0, 0.05) is 24.3 Å². The maximum absolute atomic E-state index is 11.7. The fourth-order valence-corrected chi connectivity index (χ4v) is 6.19. The van der Waals surface area contributed by atoms with Crippen LogP contribution in [0.25, 0.3) is 22.3 Å². The van der Waals surface area contributed by atoms with E-state index in [0.717, 1.165) is 22.3 Å². The first-order valence-electron chi connectivity index (χ1n) is 16.6. The first kappa shape index (κ1) is 34.8. The summed E-state index contributed by atoms with van der Waals surface area (Å²) in [6, 6.07) is 29.8. The van der Waals surface area contributed by atoms with Gasteiger partial charge in [0.15, 0.2) is 0 Å². The second-order valence-corrected chi connectivity index (χ2v) is 12.6. The van der Waals surface area contributed by atoms with Crippen molar-refractivity contribution in [3.63, 3.8) is 0 Å². The smallest absolute Gasteiger partial charge is 0.258 e. The summed E-state index contributed by atoms with van der Waals surface area (Å²) >= 11 is 0. The van der Waals surface area contributed by atoms with Crippen molar-refractivity contribution in [2.24, 2.45) is 0 Å². The van der Waals surface area contributed by atoms with Crippen LogP contribution in [0.2, 0.25) is 0 Å². The normalized spacial score (nSPS) is 16.1. The van der Waals surface area contributed by atoms with Gasteiger partial charge >= 0.3 is 0 Å². The monoisotopic (exact) mass is 716 g/mol. The zero-order valence-electron chi connectivity index (χ0n) is 28.2. The molecule has 0 bridgehead atoms. The van der Waals surface area contributed by atoms with Crippen molar-refractivity contribution in [1.29, 1.82) is 0 Å². The number of amides is 8. The topological polar surface area (TPSA) is 185 Å². The largest absolute Gasteiger partial charge is 0.289 e. The van der Waals surface area contributed by atoms with E-state index in [2.05, 4.69) is 21.3 Å². The van der Waals surface area contributed by atoms with Crippen LogP contribution in [0.15, 0.2) is 121 Å². The number of hydrogen-bond donors (Lipinski definition) is 4. The first-order valence-corrected chi connectivity index (χ1v) is 16.6. The van der Waals surface area contributed by atoms with Crippen LogP contribution in [0.3, 0.4) is 0 Å². The highest BCUT2D eigenvalue weighted by molar-refractivity contribution is 6.35. The van der Waals surface area contributed by atoms with Crippen LogP contribution in [-0.4, -0.2) is 47.3 Å². The van der Waals surface area contributed by atoms with E-state index in [1.807, 2.05) is 97.1 Å². The van der Waals surface area contributed by atoms with Gasteiger partial charge in [-0.25, -0.2) is 0 Å². The minimum atomic E-state index is -0.396. The van der Waals surface area contributed by atoms with Crippen LogP contribution < -0.4 is 21.3 Å². The second kappa shape index (κ2) is 14.6. The second-order valence-electron chi connectivity index (χ2n) is 12.6. The molecule has 0 radical (unpaired) electrons. The highest BCUT2D eigenvalue weighted by atomic mass is 16.2. The van der Waals surface area contributed by atoms with Gasteiger partial charge in [0.25, 0.3) is 47.3 Å². The lowest BCUT2D eigenvalue weighted by atomic mass is 9.98. The van der Waals surface area contributed by atoms with Crippen molar-refractivity contribution >= 4 is 69.5 Å². The molecule has 54 heavy (non-hydrogen) atoms. The predicted octanol–water partition coefficient (Wildman–Crippen LogP) is 2.71. The van der Waals surface area contributed by atoms with E-state index in [0.29, 0.717) is 57.4 Å². The molecule has 4 aromatic rings. The molecule has 0 aliphatic carbocycles. The molecule has 4 aromatic carbocycles. The Hall–Kier alpha value is -7.60. The summed E-state index contributed by atoms with van der Waals surface area (Å²) in [7, 11) is 0. The van der Waals surface area contributed by atoms with Crippen molar-refractivity contribution in [2.75, 3.05) is 0 Å². The molecule has 4 heterocycles. The van der Waals surface area contributed by atoms with Crippen LogP contribution in [-0.2, 0) is 51.2 Å². The maximum atomic E-state index is 11.7. The number of benzene rings is 4. The summed E-state index contributed by atoms with van der Waals surface area (Å²) in [5.41, 5.74) is 8.44. The molecule has 4 aliphatic rings. The summed E-state index contributed by atoms with van der Waals surface area (Å²) in [5.74, 6) is -3.11. The Morgan fingerprint density at radius 1 is 0.278 bits per heavy atom. The Kier molecular flexibility index (Phi) is 9.39. The van der Waals surface area contributed by atoms with Crippen LogP contribution in [0.1, 0.15) is 44.5 Å². The Labute approximate surface area is 307 Å². The van der Waals surface area contributed by atoms with Crippen molar-refractivity contribution in [3.05, 3.63) is 166 Å². The Balaban J connectivity index is 0.000000167. The number of nitrogens with one attached hydrogen (secondary N) is 4. The Morgan fingerprint density at radius 3 is 0.611 bits per heavy atom. The zero-order valence-corrected chi connectivity index (χ0v) is 28.2. The number of carbonyl (C=O) groups excluding carboxylic acids is 8. The van der Waals surface area contributed by atoms with Crippen LogP contribution in [0, 0.1) is 0 Å². The van der Waals surface area contributed by atoms with Crippen LogP contribution >= 0.6 is 0 Å². The van der Waals surface area contributed by atoms with E-state index in [9.17, 15) is 38.4 Å². The molecule has 264 valence electrons. The van der Waals surface area contributed by atoms with Gasteiger partial charge < -0.3 is 0 Å². The van der Waals surface area contributed by atoms with Gasteiger partial charge in [-0.2, -0.15) is 0 Å². The fourth-order valence-electron chi connectivity index (χ4n) is 6.19. The summed E-state index contributed by atoms with van der Waals surface area (Å²) in [5, 5.41) is 8.92. The van der Waals surface area contributed by atoms with Crippen molar-refractivity contribution in [3.8, 4) is 0 Å². The molecule has 0 saturated heterocycles. The van der Waals surface area contributed by atoms with Gasteiger partial charge in [-0.15, -0.1) is 0 Å². The van der Waals surface area contributed by atoms with Gasteiger partial charge in [0.2, 0.25) is 0 Å². The lowest BCUT2D eigenvalue weighted by molar-refractivity contribution is -0.124. The van der Waals surface area contributed by atoms with Gasteiger partial charge in [0.05, 0.1) is 22.3 Å². The number of carbonyl (C=O) groups is 8. The minimum Gasteiger partial charge on any atom is -0.289 e. The molecule has 12 nitrogen and oxygen atoms in total. The molecule has 0 unspecified atom stereocenters. The van der Waals surface area contributed by atoms with Gasteiger partial charge in [-0.05, 0) is 57.3 Å². The molecule has 8 rings (SSSR count). The molecule has 4 N–H and O–H groups in total. The SMILES string of the molecule is O=C1C=C(c2ccc(Cc3ccc(C4=CC(=O)NC4=O)cc3)cc2)C(=O)N1.O=C1C=C(c2ccc(Cc3ccc(C4=CC(=O)NC4=O)cc3)cc2)C(=O)N1. The average molecular weight is 717 g/mol. The highest BCUT2D eigenvalue weighted by Gasteiger charge is 2.25. The highest BCUT2D eigenvalue weighted by Crippen LogP contribution is 2.24. The molecular weight excluding hydrogens is 688 g/mol. The molecule has 0 fully saturated rings. The molecule has 12 heteroatoms. The Bertz CT molecular complexity index is 2090. The molecule has 0 spiro atoms. The van der Waals surface area contributed by atoms with Gasteiger partial charge in [-0.3, -0.25) is 59.6 Å². The van der Waals surface area contributed by atoms with E-state index in [1.54, 1.807) is 0 Å². The third-order valence-electron chi connectivity index (χ3n) is 8.90. The van der Waals surface area contributed by atoms with E-state index >= 15 is 0 Å². The molecule has 0 aromatic heterocycles. The van der Waals surface area contributed by atoms with E-state index in [-0.39, 0.29) is 23.6 Å². The fraction of sp³-hybridized carbons (Fsp3) is 0.0476. The van der Waals surface area contributed by atoms with Gasteiger partial charge in [0.1, 0.15) is 0 Å². The third-order valence-corrected chi connectivity index (χ3v) is 8.90. The molecule has 4 aliphatic heterocycles. The summed E-state index contributed by atoms with van der Waals surface area (Å²) in [6.07, 6.45) is 6.55. The quantitative estimate of drug-likeness (QED) is 0.201. The lowest BCUT2D eigenvalue weighted by Crippen LogP contribution is -2.21. The van der Waals surface area contributed by atoms with E-state index < -0.39 is 23.6 Å². The maximum Gasteiger partial charge on any atom is 0.258 e. The predicted molar refractivity (Wildman–Crippen MR) is 196 cm³/mol. The van der Waals surface area contributed by atoms with Gasteiger partial charge in [-0.1, -0.05) is 97.1 Å². The minimum absolute atomic E-state index is 0.369. The third kappa shape index (κ3) is 7.67. The van der Waals surface area contributed by atoms with Crippen LogP contribution in [0.4, 0.5) is 0 Å². The summed E-state index contributed by atoms with van der Waals surface area (Å²) in [4.78, 5) is 91.8. The zero-order chi connectivity index (χ0) is 37.9. The standard InChI is InChI=1S/2C21H14N2O4/c2*24-18-10-16(20(26)22-18)14-5-1-12(2-6-14)9-13-3-7-15(8-4-13)17-11-19(25)23-21(17)27/h2*1-8,10-11H,9H2,(H,22,24,26)(H,23,25,27). The number of imide groups is 4. The van der Waals surface area contributed by atoms with Crippen molar-refractivity contribution in [1.82, 2.24) is 21.3 Å². The Morgan fingerprint density at radius 2 is 0.463 bits per heavy atom. The molecule has 0 atom stereocenters. The number of hydrogen-bond acceptors (Lipinski definition) is 8. The average Bonchev–Trinajstić information content (AvgIpc) is 3.89. The summed E-state index contributed by atoms with van der Waals surface area (Å²) < 4.78 is 0. The summed E-state index contributed by atoms with van der Waals surface area (Å²) in [6.45, 7) is 0. The van der Waals surface area contributed by atoms with E-state index in [4.69, 9.17) is 0 Å². The van der Waals surface area contributed by atoms with Crippen molar-refractivity contribution in [2.45, 2.75) is 12.8 Å². The molecule has 8 amide bonds. The first-order chi connectivity index (χ1) is 26.0. The lowest BCUT2D eigenvalue weighted by Gasteiger charge is -2.06. The molecule has 0 saturated carbocycles. The van der Waals surface area contributed by atoms with Crippen LogP contribution in [0.5, 0.6) is 0 Å². The van der Waals surface area contributed by atoms with Crippen molar-refractivity contribution < 1.29 is 38.4 Å². The number of rotatable bonds is 8. The van der Waals surface area contributed by atoms with E-state index in [1.165, 1.54) is 24.3 Å².